The lowest BCUT2D eigenvalue weighted by molar-refractivity contribution is -0.110. The van der Waals surface area contributed by atoms with Gasteiger partial charge in [0.15, 0.2) is 5.78 Å². The molecule has 0 unspecified atom stereocenters. The van der Waals surface area contributed by atoms with Crippen molar-refractivity contribution in [2.45, 2.75) is 39.7 Å². The number of fused-ring (bicyclic) bond motifs is 1. The number of aryl methyl sites for hydroxylation is 2. The molecule has 2 aromatic heterocycles. The van der Waals surface area contributed by atoms with Crippen LogP contribution in [0.1, 0.15) is 52.1 Å². The number of H-pyrrole nitrogens is 1. The van der Waals surface area contributed by atoms with Crippen molar-refractivity contribution in [1.29, 1.82) is 0 Å². The Morgan fingerprint density at radius 1 is 1.06 bits per heavy atom. The van der Waals surface area contributed by atoms with E-state index >= 15 is 0 Å². The highest BCUT2D eigenvalue weighted by Crippen LogP contribution is 2.37. The van der Waals surface area contributed by atoms with Gasteiger partial charge in [-0.1, -0.05) is 42.5 Å². The van der Waals surface area contributed by atoms with Crippen LogP contribution in [0.15, 0.2) is 67.3 Å². The zero-order valence-corrected chi connectivity index (χ0v) is 20.0. The zero-order valence-electron chi connectivity index (χ0n) is 20.0. The first kappa shape index (κ1) is 22.6. The molecule has 0 spiro atoms. The van der Waals surface area contributed by atoms with Gasteiger partial charge in [-0.2, -0.15) is 0 Å². The zero-order chi connectivity index (χ0) is 24.4. The maximum atomic E-state index is 13.0. The Labute approximate surface area is 204 Å². The van der Waals surface area contributed by atoms with Gasteiger partial charge < -0.3 is 14.9 Å². The summed E-state index contributed by atoms with van der Waals surface area (Å²) in [5.41, 5.74) is 7.69. The van der Waals surface area contributed by atoms with Gasteiger partial charge in [-0.15, -0.1) is 0 Å². The number of benzene rings is 2. The molecule has 1 amide bonds. The number of rotatable bonds is 8. The monoisotopic (exact) mass is 464 g/mol. The first-order valence-electron chi connectivity index (χ1n) is 11.9. The molecule has 0 saturated carbocycles. The van der Waals surface area contributed by atoms with E-state index < -0.39 is 0 Å². The second kappa shape index (κ2) is 9.58. The number of carbonyl (C=O) groups excluding carboxylic acids is 2. The van der Waals surface area contributed by atoms with Crippen LogP contribution >= 0.6 is 0 Å². The average molecular weight is 465 g/mol. The fourth-order valence-corrected chi connectivity index (χ4v) is 4.75. The normalized spacial score (nSPS) is 13.8. The summed E-state index contributed by atoms with van der Waals surface area (Å²) in [5.74, 6) is -0.000416. The van der Waals surface area contributed by atoms with Crippen molar-refractivity contribution in [1.82, 2.24) is 14.5 Å². The molecule has 1 aliphatic heterocycles. The van der Waals surface area contributed by atoms with E-state index in [1.807, 2.05) is 67.1 Å². The Bertz CT molecular complexity index is 1410. The number of unbranched alkanes of at least 4 members (excludes halogenated alkanes) is 1. The summed E-state index contributed by atoms with van der Waals surface area (Å²) >= 11 is 0. The number of ketones is 1. The molecule has 5 rings (SSSR count). The fourth-order valence-electron chi connectivity index (χ4n) is 4.75. The van der Waals surface area contributed by atoms with Gasteiger partial charge in [0.25, 0.3) is 5.91 Å². The maximum Gasteiger partial charge on any atom is 0.256 e. The minimum atomic E-state index is -0.135. The van der Waals surface area contributed by atoms with E-state index in [9.17, 15) is 9.59 Å². The molecule has 3 heterocycles. The molecular formula is C29H28N4O2. The summed E-state index contributed by atoms with van der Waals surface area (Å²) in [4.78, 5) is 33.2. The molecule has 0 fully saturated rings. The Hall–Kier alpha value is -4.19. The molecule has 176 valence electrons. The Morgan fingerprint density at radius 2 is 1.89 bits per heavy atom. The van der Waals surface area contributed by atoms with Gasteiger partial charge in [0.05, 0.1) is 11.9 Å². The van der Waals surface area contributed by atoms with Gasteiger partial charge in [-0.3, -0.25) is 9.59 Å². The van der Waals surface area contributed by atoms with Crippen LogP contribution in [0.25, 0.3) is 22.8 Å². The number of imidazole rings is 1. The lowest BCUT2D eigenvalue weighted by Gasteiger charge is -2.05. The Balaban J connectivity index is 1.34. The number of nitrogens with one attached hydrogen (secondary N) is 2. The second-order valence-electron chi connectivity index (χ2n) is 8.98. The van der Waals surface area contributed by atoms with Crippen molar-refractivity contribution in [3.63, 3.8) is 0 Å². The fraction of sp³-hybridized carbons (Fsp3) is 0.207. The van der Waals surface area contributed by atoms with Crippen LogP contribution in [0, 0.1) is 13.8 Å². The minimum Gasteiger partial charge on any atom is -0.358 e. The van der Waals surface area contributed by atoms with E-state index in [1.54, 1.807) is 12.5 Å². The molecule has 0 saturated heterocycles. The van der Waals surface area contributed by atoms with E-state index in [2.05, 4.69) is 27.4 Å². The number of anilines is 1. The molecule has 6 nitrogen and oxygen atoms in total. The standard InChI is InChI=1S/C29H28N4O2/c1-19-25(31-20(2)28(19)27(34)10-6-7-14-33-15-13-30-18-33)17-24-23-12-11-22(16-26(23)32-29(24)35)21-8-4-3-5-9-21/h3-5,8-9,11-13,15-18,31H,6-7,10,14H2,1-2H3,(H,32,35)/b24-17-. The summed E-state index contributed by atoms with van der Waals surface area (Å²) in [7, 11) is 0. The Morgan fingerprint density at radius 3 is 2.66 bits per heavy atom. The number of nitrogens with zero attached hydrogens (tertiary/aromatic N) is 2. The van der Waals surface area contributed by atoms with Gasteiger partial charge in [0.2, 0.25) is 0 Å². The number of aromatic amines is 1. The van der Waals surface area contributed by atoms with Crippen molar-refractivity contribution in [2.75, 3.05) is 5.32 Å². The quantitative estimate of drug-likeness (QED) is 0.189. The minimum absolute atomic E-state index is 0.135. The molecule has 4 aromatic rings. The van der Waals surface area contributed by atoms with Crippen LogP contribution in [0.3, 0.4) is 0 Å². The smallest absolute Gasteiger partial charge is 0.256 e. The van der Waals surface area contributed by atoms with Crippen LogP contribution in [-0.4, -0.2) is 26.2 Å². The predicted molar refractivity (Wildman–Crippen MR) is 139 cm³/mol. The largest absolute Gasteiger partial charge is 0.358 e. The number of amides is 1. The molecule has 0 bridgehead atoms. The summed E-state index contributed by atoms with van der Waals surface area (Å²) in [6, 6.07) is 16.1. The highest BCUT2D eigenvalue weighted by Gasteiger charge is 2.26. The van der Waals surface area contributed by atoms with Crippen LogP contribution in [0.2, 0.25) is 0 Å². The van der Waals surface area contributed by atoms with E-state index in [1.165, 1.54) is 0 Å². The summed E-state index contributed by atoms with van der Waals surface area (Å²) < 4.78 is 2.02. The second-order valence-corrected chi connectivity index (χ2v) is 8.98. The molecule has 35 heavy (non-hydrogen) atoms. The van der Waals surface area contributed by atoms with Gasteiger partial charge in [0, 0.05) is 53.6 Å². The van der Waals surface area contributed by atoms with Crippen molar-refractivity contribution in [3.05, 3.63) is 95.3 Å². The number of hydrogen-bond donors (Lipinski definition) is 2. The molecule has 0 aliphatic carbocycles. The van der Waals surface area contributed by atoms with Crippen LogP contribution in [0.4, 0.5) is 5.69 Å². The van der Waals surface area contributed by atoms with Gasteiger partial charge in [-0.25, -0.2) is 4.98 Å². The van der Waals surface area contributed by atoms with E-state index in [4.69, 9.17) is 0 Å². The van der Waals surface area contributed by atoms with E-state index in [0.29, 0.717) is 12.0 Å². The van der Waals surface area contributed by atoms with Crippen molar-refractivity contribution in [2.24, 2.45) is 0 Å². The van der Waals surface area contributed by atoms with Gasteiger partial charge in [-0.05, 0) is 55.5 Å². The van der Waals surface area contributed by atoms with Crippen LogP contribution in [-0.2, 0) is 11.3 Å². The van der Waals surface area contributed by atoms with Gasteiger partial charge in [0.1, 0.15) is 0 Å². The average Bonchev–Trinajstić information content (AvgIpc) is 3.56. The third-order valence-electron chi connectivity index (χ3n) is 6.58. The first-order chi connectivity index (χ1) is 17.0. The molecule has 2 N–H and O–H groups in total. The van der Waals surface area contributed by atoms with E-state index in [0.717, 1.165) is 64.3 Å². The molecule has 0 atom stereocenters. The summed E-state index contributed by atoms with van der Waals surface area (Å²) in [6.45, 7) is 4.72. The first-order valence-corrected chi connectivity index (χ1v) is 11.9. The Kier molecular flexibility index (Phi) is 6.19. The van der Waals surface area contributed by atoms with Crippen LogP contribution < -0.4 is 5.32 Å². The molecule has 2 aromatic carbocycles. The third-order valence-corrected chi connectivity index (χ3v) is 6.58. The topological polar surface area (TPSA) is 79.8 Å². The summed E-state index contributed by atoms with van der Waals surface area (Å²) in [5, 5.41) is 2.99. The predicted octanol–water partition coefficient (Wildman–Crippen LogP) is 6.04. The van der Waals surface area contributed by atoms with Crippen LogP contribution in [0.5, 0.6) is 0 Å². The molecule has 6 heteroatoms. The highest BCUT2D eigenvalue weighted by atomic mass is 16.2. The molecule has 1 aliphatic rings. The third kappa shape index (κ3) is 4.60. The summed E-state index contributed by atoms with van der Waals surface area (Å²) in [6.07, 6.45) is 9.58. The number of carbonyl (C=O) groups is 2. The number of aromatic nitrogens is 3. The lowest BCUT2D eigenvalue weighted by Crippen LogP contribution is -2.04. The number of hydrogen-bond acceptors (Lipinski definition) is 3. The lowest BCUT2D eigenvalue weighted by atomic mass is 9.98. The number of Topliss-reactive ketones (excluding diaryl/α,β-unsaturated/α-hetero) is 1. The van der Waals surface area contributed by atoms with E-state index in [-0.39, 0.29) is 11.7 Å². The maximum absolute atomic E-state index is 13.0. The molecular weight excluding hydrogens is 436 g/mol. The van der Waals surface area contributed by atoms with Crippen molar-refractivity contribution < 1.29 is 9.59 Å². The van der Waals surface area contributed by atoms with Crippen molar-refractivity contribution >= 4 is 29.0 Å². The van der Waals surface area contributed by atoms with Gasteiger partial charge >= 0.3 is 0 Å². The SMILES string of the molecule is Cc1[nH]c(/C=C2\C(=O)Nc3cc(-c4ccccc4)ccc32)c(C)c1C(=O)CCCCn1ccnc1. The van der Waals surface area contributed by atoms with Crippen molar-refractivity contribution in [3.8, 4) is 11.1 Å². The highest BCUT2D eigenvalue weighted by molar-refractivity contribution is 6.35. The molecule has 0 radical (unpaired) electrons.